The maximum Gasteiger partial charge on any atom is 0.263 e. The van der Waals surface area contributed by atoms with Gasteiger partial charge in [0.1, 0.15) is 11.6 Å². The summed E-state index contributed by atoms with van der Waals surface area (Å²) >= 11 is 9.92. The number of halogens is 2. The van der Waals surface area contributed by atoms with Crippen molar-refractivity contribution in [2.75, 3.05) is 18.0 Å². The lowest BCUT2D eigenvalue weighted by molar-refractivity contribution is 0.187. The van der Waals surface area contributed by atoms with Crippen LogP contribution in [-0.2, 0) is 6.42 Å². The van der Waals surface area contributed by atoms with Crippen LogP contribution in [0.5, 0.6) is 0 Å². The first-order valence-corrected chi connectivity index (χ1v) is 12.1. The number of anilines is 1. The molecule has 3 aromatic rings. The molecule has 1 aliphatic heterocycles. The number of rotatable bonds is 2. The fourth-order valence-electron chi connectivity index (χ4n) is 5.42. The van der Waals surface area contributed by atoms with Crippen molar-refractivity contribution in [1.29, 1.82) is 0 Å². The number of hydrogen-bond donors (Lipinski definition) is 1. The summed E-state index contributed by atoms with van der Waals surface area (Å²) in [5.41, 5.74) is 10.7. The second kappa shape index (κ2) is 8.01. The number of aromatic nitrogens is 2. The topological polar surface area (TPSA) is 64.2 Å². The summed E-state index contributed by atoms with van der Waals surface area (Å²) in [6, 6.07) is 14.2. The molecule has 2 heterocycles. The average Bonchev–Trinajstić information content (AvgIpc) is 3.06. The molecule has 7 heteroatoms. The Labute approximate surface area is 201 Å². The second-order valence-corrected chi connectivity index (χ2v) is 10.3. The number of hydrogen-bond acceptors (Lipinski definition) is 4. The van der Waals surface area contributed by atoms with Gasteiger partial charge in [0.05, 0.1) is 16.3 Å². The van der Waals surface area contributed by atoms with Crippen molar-refractivity contribution in [3.8, 4) is 5.69 Å². The van der Waals surface area contributed by atoms with Gasteiger partial charge >= 0.3 is 0 Å². The van der Waals surface area contributed by atoms with Gasteiger partial charge in [0.2, 0.25) is 0 Å². The third-order valence-corrected chi connectivity index (χ3v) is 8.56. The molecule has 0 saturated carbocycles. The summed E-state index contributed by atoms with van der Waals surface area (Å²) in [7, 11) is 0. The lowest BCUT2D eigenvalue weighted by Gasteiger charge is -2.43. The summed E-state index contributed by atoms with van der Waals surface area (Å²) in [5, 5.41) is 0.501. The van der Waals surface area contributed by atoms with Crippen molar-refractivity contribution in [3.63, 3.8) is 0 Å². The number of fused-ring (bicyclic) bond motifs is 1. The first-order valence-electron chi connectivity index (χ1n) is 11.0. The zero-order chi connectivity index (χ0) is 22.6. The van der Waals surface area contributed by atoms with Crippen molar-refractivity contribution in [1.82, 2.24) is 9.55 Å². The van der Waals surface area contributed by atoms with E-state index in [1.807, 2.05) is 32.0 Å². The van der Waals surface area contributed by atoms with E-state index < -0.39 is 0 Å². The molecule has 166 valence electrons. The SMILES string of the molecule is Cc1c(N2CCC3(CC2)Cc2ccccc2[C@H]3N)nc(C)n(-c2cccc(Br)c2Cl)c1=O. The second-order valence-electron chi connectivity index (χ2n) is 9.02. The van der Waals surface area contributed by atoms with Gasteiger partial charge in [-0.2, -0.15) is 0 Å². The highest BCUT2D eigenvalue weighted by atomic mass is 79.9. The average molecular weight is 514 g/mol. The normalized spacial score (nSPS) is 19.4. The molecule has 0 amide bonds. The fraction of sp³-hybridized carbons (Fsp3) is 0.360. The van der Waals surface area contributed by atoms with Gasteiger partial charge in [-0.1, -0.05) is 41.9 Å². The molecular weight excluding hydrogens is 488 g/mol. The molecule has 1 fully saturated rings. The van der Waals surface area contributed by atoms with Gasteiger partial charge < -0.3 is 10.6 Å². The predicted octanol–water partition coefficient (Wildman–Crippen LogP) is 5.11. The highest BCUT2D eigenvalue weighted by Gasteiger charge is 2.46. The van der Waals surface area contributed by atoms with E-state index in [-0.39, 0.29) is 17.0 Å². The smallest absolute Gasteiger partial charge is 0.263 e. The Morgan fingerprint density at radius 1 is 1.12 bits per heavy atom. The van der Waals surface area contributed by atoms with Gasteiger partial charge in [0.15, 0.2) is 0 Å². The Hall–Kier alpha value is -2.15. The Balaban J connectivity index is 1.44. The van der Waals surface area contributed by atoms with Crippen LogP contribution in [0.2, 0.25) is 5.02 Å². The third-order valence-electron chi connectivity index (χ3n) is 7.27. The fourth-order valence-corrected chi connectivity index (χ4v) is 5.99. The molecule has 1 aliphatic carbocycles. The minimum absolute atomic E-state index is 0.0725. The van der Waals surface area contributed by atoms with E-state index in [0.717, 1.165) is 42.6 Å². The Morgan fingerprint density at radius 2 is 1.84 bits per heavy atom. The maximum atomic E-state index is 13.4. The summed E-state index contributed by atoms with van der Waals surface area (Å²) < 4.78 is 2.35. The third kappa shape index (κ3) is 3.31. The minimum atomic E-state index is -0.0854. The highest BCUT2D eigenvalue weighted by molar-refractivity contribution is 9.10. The van der Waals surface area contributed by atoms with Crippen LogP contribution in [0.3, 0.4) is 0 Å². The van der Waals surface area contributed by atoms with Crippen LogP contribution in [0.25, 0.3) is 5.69 Å². The summed E-state index contributed by atoms with van der Waals surface area (Å²) in [6.07, 6.45) is 3.01. The van der Waals surface area contributed by atoms with Crippen LogP contribution < -0.4 is 16.2 Å². The van der Waals surface area contributed by atoms with Crippen molar-refractivity contribution in [3.05, 3.63) is 84.8 Å². The van der Waals surface area contributed by atoms with Crippen LogP contribution in [0, 0.1) is 19.3 Å². The molecule has 1 atom stereocenters. The molecule has 2 aliphatic rings. The van der Waals surface area contributed by atoms with Crippen molar-refractivity contribution in [2.24, 2.45) is 11.1 Å². The summed E-state index contributed by atoms with van der Waals surface area (Å²) in [6.45, 7) is 5.40. The van der Waals surface area contributed by atoms with Crippen LogP contribution >= 0.6 is 27.5 Å². The van der Waals surface area contributed by atoms with E-state index in [9.17, 15) is 4.79 Å². The molecule has 2 N–H and O–H groups in total. The van der Waals surface area contributed by atoms with Gasteiger partial charge in [-0.3, -0.25) is 9.36 Å². The number of aryl methyl sites for hydroxylation is 1. The molecule has 5 rings (SSSR count). The van der Waals surface area contributed by atoms with Gasteiger partial charge in [-0.05, 0) is 77.7 Å². The standard InChI is InChI=1S/C25H26BrClN4O/c1-15-23(29-16(2)31(24(15)32)20-9-5-8-19(26)21(20)27)30-12-10-25(11-13-30)14-17-6-3-4-7-18(17)22(25)28/h3-9,22H,10-14,28H2,1-2H3/t22-/m1/s1. The number of piperidine rings is 1. The quantitative estimate of drug-likeness (QED) is 0.517. The molecule has 1 aromatic heterocycles. The number of benzene rings is 2. The Kier molecular flexibility index (Phi) is 5.43. The van der Waals surface area contributed by atoms with Gasteiger partial charge in [0, 0.05) is 23.6 Å². The monoisotopic (exact) mass is 512 g/mol. The molecule has 1 saturated heterocycles. The zero-order valence-corrected chi connectivity index (χ0v) is 20.6. The molecule has 1 spiro atoms. The first-order chi connectivity index (χ1) is 15.3. The lowest BCUT2D eigenvalue weighted by atomic mass is 9.73. The summed E-state index contributed by atoms with van der Waals surface area (Å²) in [4.78, 5) is 20.5. The van der Waals surface area contributed by atoms with E-state index in [4.69, 9.17) is 22.3 Å². The molecular formula is C25H26BrClN4O. The zero-order valence-electron chi connectivity index (χ0n) is 18.2. The molecule has 32 heavy (non-hydrogen) atoms. The molecule has 0 bridgehead atoms. The lowest BCUT2D eigenvalue weighted by Crippen LogP contribution is -2.45. The largest absolute Gasteiger partial charge is 0.356 e. The van der Waals surface area contributed by atoms with Gasteiger partial charge in [-0.15, -0.1) is 0 Å². The van der Waals surface area contributed by atoms with Crippen LogP contribution in [0.15, 0.2) is 51.7 Å². The Morgan fingerprint density at radius 3 is 2.56 bits per heavy atom. The minimum Gasteiger partial charge on any atom is -0.356 e. The number of nitrogens with zero attached hydrogens (tertiary/aromatic N) is 3. The van der Waals surface area contributed by atoms with Crippen molar-refractivity contribution < 1.29 is 0 Å². The van der Waals surface area contributed by atoms with Crippen molar-refractivity contribution in [2.45, 2.75) is 39.2 Å². The van der Waals surface area contributed by atoms with Gasteiger partial charge in [0.25, 0.3) is 5.56 Å². The van der Waals surface area contributed by atoms with E-state index in [2.05, 4.69) is 45.1 Å². The molecule has 0 unspecified atom stereocenters. The number of nitrogens with two attached hydrogens (primary N) is 1. The molecule has 0 radical (unpaired) electrons. The maximum absolute atomic E-state index is 13.4. The predicted molar refractivity (Wildman–Crippen MR) is 133 cm³/mol. The summed E-state index contributed by atoms with van der Waals surface area (Å²) in [5.74, 6) is 1.40. The Bertz CT molecular complexity index is 1260. The van der Waals surface area contributed by atoms with E-state index >= 15 is 0 Å². The highest BCUT2D eigenvalue weighted by Crippen LogP contribution is 2.51. The molecule has 5 nitrogen and oxygen atoms in total. The van der Waals surface area contributed by atoms with E-state index in [1.54, 1.807) is 4.57 Å². The van der Waals surface area contributed by atoms with E-state index in [0.29, 0.717) is 22.1 Å². The molecule has 2 aromatic carbocycles. The van der Waals surface area contributed by atoms with Crippen molar-refractivity contribution >= 4 is 33.3 Å². The van der Waals surface area contributed by atoms with Crippen LogP contribution in [0.4, 0.5) is 5.82 Å². The van der Waals surface area contributed by atoms with Gasteiger partial charge in [-0.25, -0.2) is 4.98 Å². The van der Waals surface area contributed by atoms with E-state index in [1.165, 1.54) is 11.1 Å². The van der Waals surface area contributed by atoms with Crippen LogP contribution in [0.1, 0.15) is 41.4 Å². The first kappa shape index (κ1) is 21.7. The van der Waals surface area contributed by atoms with Crippen LogP contribution in [-0.4, -0.2) is 22.6 Å².